The Balaban J connectivity index is 1.52. The van der Waals surface area contributed by atoms with Crippen molar-refractivity contribution in [2.75, 3.05) is 43.5 Å². The molecular formula is C21H24Cl2N6O2S. The number of anilines is 1. The number of benzene rings is 1. The number of hydrogen-bond donors (Lipinski definition) is 1. The molecular weight excluding hydrogens is 471 g/mol. The lowest BCUT2D eigenvalue weighted by atomic mass is 10.2. The summed E-state index contributed by atoms with van der Waals surface area (Å²) in [6.45, 7) is 5.90. The Kier molecular flexibility index (Phi) is 7.72. The molecule has 1 aromatic carbocycles. The third kappa shape index (κ3) is 5.28. The van der Waals surface area contributed by atoms with Crippen molar-refractivity contribution in [2.24, 2.45) is 0 Å². The topological polar surface area (TPSA) is 85.2 Å². The van der Waals surface area contributed by atoms with Crippen LogP contribution in [0.1, 0.15) is 23.7 Å². The standard InChI is InChI=1S/C21H24Cl2N6O2S/c1-2-11-32-21-26-18(28-7-9-31-10-8-28)16-13-25-29(19(16)27-21)6-5-24-20(30)15-4-3-14(22)12-17(15)23/h3-4,12-13H,2,5-11H2,1H3,(H,24,30). The molecule has 3 heterocycles. The summed E-state index contributed by atoms with van der Waals surface area (Å²) in [6, 6.07) is 4.81. The smallest absolute Gasteiger partial charge is 0.252 e. The Bertz CT molecular complexity index is 1100. The second-order valence-corrected chi connectivity index (χ2v) is 9.17. The van der Waals surface area contributed by atoms with E-state index in [0.717, 1.165) is 47.3 Å². The number of morpholine rings is 1. The van der Waals surface area contributed by atoms with E-state index in [1.165, 1.54) is 0 Å². The van der Waals surface area contributed by atoms with Crippen LogP contribution in [0.25, 0.3) is 11.0 Å². The first-order chi connectivity index (χ1) is 15.6. The summed E-state index contributed by atoms with van der Waals surface area (Å²) in [4.78, 5) is 24.3. The monoisotopic (exact) mass is 494 g/mol. The summed E-state index contributed by atoms with van der Waals surface area (Å²) >= 11 is 13.7. The van der Waals surface area contributed by atoms with E-state index in [1.807, 2.05) is 0 Å². The lowest BCUT2D eigenvalue weighted by molar-refractivity contribution is 0.0952. The van der Waals surface area contributed by atoms with Crippen LogP contribution in [-0.2, 0) is 11.3 Å². The molecule has 1 amide bonds. The zero-order chi connectivity index (χ0) is 22.5. The number of carbonyl (C=O) groups is 1. The van der Waals surface area contributed by atoms with E-state index in [-0.39, 0.29) is 5.91 Å². The lowest BCUT2D eigenvalue weighted by Gasteiger charge is -2.28. The van der Waals surface area contributed by atoms with Crippen molar-refractivity contribution in [3.8, 4) is 0 Å². The molecule has 1 fully saturated rings. The van der Waals surface area contributed by atoms with Crippen LogP contribution in [0.3, 0.4) is 0 Å². The zero-order valence-corrected chi connectivity index (χ0v) is 20.0. The maximum Gasteiger partial charge on any atom is 0.252 e. The van der Waals surface area contributed by atoms with Crippen molar-refractivity contribution in [2.45, 2.75) is 25.0 Å². The van der Waals surface area contributed by atoms with E-state index in [0.29, 0.717) is 41.9 Å². The summed E-state index contributed by atoms with van der Waals surface area (Å²) in [6.07, 6.45) is 2.84. The molecule has 1 aliphatic rings. The van der Waals surface area contributed by atoms with Gasteiger partial charge in [0.05, 0.1) is 41.9 Å². The van der Waals surface area contributed by atoms with E-state index < -0.39 is 0 Å². The van der Waals surface area contributed by atoms with Gasteiger partial charge in [0.2, 0.25) is 0 Å². The Hall–Kier alpha value is -2.07. The van der Waals surface area contributed by atoms with Crippen LogP contribution in [0.2, 0.25) is 10.0 Å². The number of fused-ring (bicyclic) bond motifs is 1. The van der Waals surface area contributed by atoms with Gasteiger partial charge >= 0.3 is 0 Å². The summed E-state index contributed by atoms with van der Waals surface area (Å²) in [5.41, 5.74) is 1.15. The van der Waals surface area contributed by atoms with Crippen molar-refractivity contribution in [3.05, 3.63) is 40.0 Å². The number of nitrogens with zero attached hydrogens (tertiary/aromatic N) is 5. The van der Waals surface area contributed by atoms with Gasteiger partial charge in [-0.1, -0.05) is 41.9 Å². The van der Waals surface area contributed by atoms with E-state index in [4.69, 9.17) is 37.9 Å². The highest BCUT2D eigenvalue weighted by atomic mass is 35.5. The first kappa shape index (κ1) is 23.1. The first-order valence-electron chi connectivity index (χ1n) is 10.5. The number of hydrogen-bond acceptors (Lipinski definition) is 7. The summed E-state index contributed by atoms with van der Waals surface area (Å²) in [5.74, 6) is 1.58. The molecule has 2 aromatic heterocycles. The quantitative estimate of drug-likeness (QED) is 0.375. The maximum atomic E-state index is 12.5. The third-order valence-corrected chi connectivity index (χ3v) is 6.59. The summed E-state index contributed by atoms with van der Waals surface area (Å²) < 4.78 is 7.30. The molecule has 3 aromatic rings. The number of aromatic nitrogens is 4. The predicted molar refractivity (Wildman–Crippen MR) is 128 cm³/mol. The Labute approximate surface area is 200 Å². The van der Waals surface area contributed by atoms with Crippen LogP contribution in [0.4, 0.5) is 5.82 Å². The molecule has 4 rings (SSSR count). The minimum absolute atomic E-state index is 0.258. The largest absolute Gasteiger partial charge is 0.378 e. The van der Waals surface area contributed by atoms with Gasteiger partial charge in [-0.05, 0) is 24.6 Å². The Morgan fingerprint density at radius 1 is 1.25 bits per heavy atom. The van der Waals surface area contributed by atoms with Gasteiger partial charge in [0, 0.05) is 30.4 Å². The first-order valence-corrected chi connectivity index (χ1v) is 12.2. The summed E-state index contributed by atoms with van der Waals surface area (Å²) in [7, 11) is 0. The molecule has 0 atom stereocenters. The highest BCUT2D eigenvalue weighted by Gasteiger charge is 2.20. The fraction of sp³-hybridized carbons (Fsp3) is 0.429. The van der Waals surface area contributed by atoms with E-state index in [1.54, 1.807) is 40.8 Å². The van der Waals surface area contributed by atoms with E-state index >= 15 is 0 Å². The molecule has 8 nitrogen and oxygen atoms in total. The molecule has 0 radical (unpaired) electrons. The molecule has 0 aliphatic carbocycles. The molecule has 1 aliphatic heterocycles. The number of amides is 1. The van der Waals surface area contributed by atoms with Gasteiger partial charge in [-0.25, -0.2) is 14.6 Å². The van der Waals surface area contributed by atoms with Crippen LogP contribution >= 0.6 is 35.0 Å². The number of thioether (sulfide) groups is 1. The number of carbonyl (C=O) groups excluding carboxylic acids is 1. The molecule has 0 unspecified atom stereocenters. The van der Waals surface area contributed by atoms with Gasteiger partial charge in [-0.2, -0.15) is 5.10 Å². The lowest BCUT2D eigenvalue weighted by Crippen LogP contribution is -2.37. The highest BCUT2D eigenvalue weighted by Crippen LogP contribution is 2.28. The Morgan fingerprint density at radius 3 is 2.81 bits per heavy atom. The van der Waals surface area contributed by atoms with E-state index in [2.05, 4.69) is 22.2 Å². The van der Waals surface area contributed by atoms with Crippen LogP contribution in [0.5, 0.6) is 0 Å². The van der Waals surface area contributed by atoms with Crippen molar-refractivity contribution in [3.63, 3.8) is 0 Å². The highest BCUT2D eigenvalue weighted by molar-refractivity contribution is 7.99. The maximum absolute atomic E-state index is 12.5. The van der Waals surface area contributed by atoms with E-state index in [9.17, 15) is 4.79 Å². The number of nitrogens with one attached hydrogen (secondary N) is 1. The van der Waals surface area contributed by atoms with Gasteiger partial charge in [-0.3, -0.25) is 4.79 Å². The number of halogens is 2. The SMILES string of the molecule is CCCSc1nc(N2CCOCC2)c2cnn(CCNC(=O)c3ccc(Cl)cc3Cl)c2n1. The number of ether oxygens (including phenoxy) is 1. The minimum Gasteiger partial charge on any atom is -0.378 e. The number of rotatable bonds is 8. The van der Waals surface area contributed by atoms with Crippen molar-refractivity contribution >= 4 is 57.7 Å². The predicted octanol–water partition coefficient (Wildman–Crippen LogP) is 3.90. The molecule has 0 spiro atoms. The van der Waals surface area contributed by atoms with Crippen LogP contribution < -0.4 is 10.2 Å². The molecule has 0 saturated carbocycles. The van der Waals surface area contributed by atoms with Gasteiger partial charge in [0.15, 0.2) is 10.8 Å². The van der Waals surface area contributed by atoms with Gasteiger partial charge in [-0.15, -0.1) is 0 Å². The average Bonchev–Trinajstić information content (AvgIpc) is 3.20. The van der Waals surface area contributed by atoms with Gasteiger partial charge in [0.1, 0.15) is 5.82 Å². The Morgan fingerprint density at radius 2 is 2.06 bits per heavy atom. The molecule has 1 saturated heterocycles. The van der Waals surface area contributed by atoms with Crippen LogP contribution in [0, 0.1) is 0 Å². The zero-order valence-electron chi connectivity index (χ0n) is 17.7. The average molecular weight is 495 g/mol. The summed E-state index contributed by atoms with van der Waals surface area (Å²) in [5, 5.41) is 9.86. The fourth-order valence-corrected chi connectivity index (χ4v) is 4.59. The second kappa shape index (κ2) is 10.7. The normalized spacial score (nSPS) is 14.2. The van der Waals surface area contributed by atoms with Crippen molar-refractivity contribution in [1.82, 2.24) is 25.1 Å². The molecule has 170 valence electrons. The second-order valence-electron chi connectivity index (χ2n) is 7.26. The van der Waals surface area contributed by atoms with Crippen molar-refractivity contribution in [1.29, 1.82) is 0 Å². The van der Waals surface area contributed by atoms with Gasteiger partial charge < -0.3 is 15.0 Å². The third-order valence-electron chi connectivity index (χ3n) is 4.99. The van der Waals surface area contributed by atoms with Gasteiger partial charge in [0.25, 0.3) is 5.91 Å². The minimum atomic E-state index is -0.258. The van der Waals surface area contributed by atoms with Crippen LogP contribution in [0.15, 0.2) is 29.6 Å². The van der Waals surface area contributed by atoms with Crippen LogP contribution in [-0.4, -0.2) is 64.3 Å². The molecule has 32 heavy (non-hydrogen) atoms. The molecule has 11 heteroatoms. The van der Waals surface area contributed by atoms with Crippen molar-refractivity contribution < 1.29 is 9.53 Å². The fourth-order valence-electron chi connectivity index (χ4n) is 3.40. The molecule has 0 bridgehead atoms. The molecule has 1 N–H and O–H groups in total.